The Bertz CT molecular complexity index is 1420. The number of fused-ring (bicyclic) bond motifs is 1. The summed E-state index contributed by atoms with van der Waals surface area (Å²) in [6.45, 7) is 5.41. The summed E-state index contributed by atoms with van der Waals surface area (Å²) in [5, 5.41) is 0.585. The fraction of sp³-hybridized carbons (Fsp3) is 0.208. The first-order valence-corrected chi connectivity index (χ1v) is 13.0. The Morgan fingerprint density at radius 2 is 1.85 bits per heavy atom. The number of aryl methyl sites for hydroxylation is 1. The first-order valence-electron chi connectivity index (χ1n) is 10.3. The van der Waals surface area contributed by atoms with E-state index in [1.165, 1.54) is 23.5 Å². The second-order valence-corrected chi connectivity index (χ2v) is 11.8. The quantitative estimate of drug-likeness (QED) is 0.341. The molecular formula is C24H22ClN3O3S2. The summed E-state index contributed by atoms with van der Waals surface area (Å²) in [6.07, 6.45) is 1.67. The van der Waals surface area contributed by atoms with Gasteiger partial charge < -0.3 is 0 Å². The smallest absolute Gasteiger partial charge is 0.260 e. The number of anilines is 1. The van der Waals surface area contributed by atoms with E-state index in [-0.39, 0.29) is 17.3 Å². The van der Waals surface area contributed by atoms with Gasteiger partial charge in [0.05, 0.1) is 32.6 Å². The maximum Gasteiger partial charge on any atom is 0.260 e. The molecule has 0 atom stereocenters. The van der Waals surface area contributed by atoms with E-state index in [2.05, 4.69) is 4.98 Å². The van der Waals surface area contributed by atoms with Gasteiger partial charge in [-0.1, -0.05) is 29.0 Å². The van der Waals surface area contributed by atoms with Crippen LogP contribution >= 0.6 is 22.9 Å². The van der Waals surface area contributed by atoms with Crippen LogP contribution in [0.3, 0.4) is 0 Å². The average Bonchev–Trinajstić information content (AvgIpc) is 3.22. The Kier molecular flexibility index (Phi) is 6.52. The molecule has 4 aromatic rings. The van der Waals surface area contributed by atoms with Crippen molar-refractivity contribution in [3.8, 4) is 0 Å². The van der Waals surface area contributed by atoms with Gasteiger partial charge in [-0.2, -0.15) is 0 Å². The molecule has 0 fully saturated rings. The van der Waals surface area contributed by atoms with E-state index < -0.39 is 15.1 Å². The fourth-order valence-corrected chi connectivity index (χ4v) is 5.83. The summed E-state index contributed by atoms with van der Waals surface area (Å²) in [7, 11) is -3.42. The lowest BCUT2D eigenvalue weighted by molar-refractivity contribution is 0.0984. The lowest BCUT2D eigenvalue weighted by atomic mass is 10.2. The molecule has 4 rings (SSSR count). The maximum absolute atomic E-state index is 13.6. The first kappa shape index (κ1) is 23.4. The average molecular weight is 500 g/mol. The van der Waals surface area contributed by atoms with Crippen LogP contribution in [0.4, 0.5) is 5.13 Å². The Balaban J connectivity index is 1.75. The van der Waals surface area contributed by atoms with E-state index in [0.29, 0.717) is 21.4 Å². The van der Waals surface area contributed by atoms with Crippen molar-refractivity contribution in [2.45, 2.75) is 37.5 Å². The van der Waals surface area contributed by atoms with Crippen molar-refractivity contribution in [3.05, 3.63) is 82.6 Å². The van der Waals surface area contributed by atoms with Crippen LogP contribution in [0.1, 0.15) is 35.5 Å². The van der Waals surface area contributed by atoms with Gasteiger partial charge in [0, 0.05) is 16.8 Å². The molecule has 0 aliphatic heterocycles. The number of benzene rings is 2. The van der Waals surface area contributed by atoms with Crippen LogP contribution in [0.5, 0.6) is 0 Å². The zero-order valence-corrected chi connectivity index (χ0v) is 20.7. The van der Waals surface area contributed by atoms with Crippen LogP contribution in [-0.4, -0.2) is 29.5 Å². The minimum atomic E-state index is -3.42. The van der Waals surface area contributed by atoms with E-state index in [1.54, 1.807) is 37.1 Å². The van der Waals surface area contributed by atoms with Gasteiger partial charge in [-0.05, 0) is 74.9 Å². The molecule has 170 valence electrons. The Hall–Kier alpha value is -2.81. The van der Waals surface area contributed by atoms with Gasteiger partial charge in [0.2, 0.25) is 0 Å². The second-order valence-electron chi connectivity index (χ2n) is 7.90. The zero-order chi connectivity index (χ0) is 23.8. The molecular weight excluding hydrogens is 478 g/mol. The van der Waals surface area contributed by atoms with Crippen molar-refractivity contribution >= 4 is 54.0 Å². The van der Waals surface area contributed by atoms with Gasteiger partial charge in [0.25, 0.3) is 5.91 Å². The van der Waals surface area contributed by atoms with Gasteiger partial charge >= 0.3 is 0 Å². The third kappa shape index (κ3) is 4.78. The summed E-state index contributed by atoms with van der Waals surface area (Å²) in [5.74, 6) is -0.294. The number of amides is 1. The second kappa shape index (κ2) is 9.21. The number of hydrogen-bond donors (Lipinski definition) is 0. The van der Waals surface area contributed by atoms with Gasteiger partial charge in [0.1, 0.15) is 0 Å². The van der Waals surface area contributed by atoms with Gasteiger partial charge in [0.15, 0.2) is 15.0 Å². The van der Waals surface area contributed by atoms with Crippen LogP contribution in [-0.2, 0) is 16.4 Å². The molecule has 0 N–H and O–H groups in total. The first-order chi connectivity index (χ1) is 15.7. The molecule has 0 aliphatic rings. The predicted molar refractivity (Wildman–Crippen MR) is 133 cm³/mol. The standard InChI is InChI=1S/C24H22ClN3O3S2/c1-15(2)33(30,31)20-9-7-17(8-10-20)23(29)28(14-19-6-4-5-11-26-19)24-27-22-16(3)12-18(25)13-21(22)32-24/h4-13,15H,14H2,1-3H3. The number of hydrogen-bond acceptors (Lipinski definition) is 6. The highest BCUT2D eigenvalue weighted by Gasteiger charge is 2.24. The molecule has 6 nitrogen and oxygen atoms in total. The van der Waals surface area contributed by atoms with Gasteiger partial charge in [-0.3, -0.25) is 14.7 Å². The van der Waals surface area contributed by atoms with Crippen LogP contribution < -0.4 is 4.90 Å². The molecule has 0 spiro atoms. The summed E-state index contributed by atoms with van der Waals surface area (Å²) < 4.78 is 25.8. The highest BCUT2D eigenvalue weighted by atomic mass is 35.5. The molecule has 2 aromatic heterocycles. The van der Waals surface area contributed by atoms with Crippen molar-refractivity contribution in [1.82, 2.24) is 9.97 Å². The molecule has 0 aliphatic carbocycles. The minimum Gasteiger partial charge on any atom is -0.278 e. The van der Waals surface area contributed by atoms with E-state index in [1.807, 2.05) is 37.3 Å². The van der Waals surface area contributed by atoms with Crippen molar-refractivity contribution in [1.29, 1.82) is 0 Å². The lowest BCUT2D eigenvalue weighted by Gasteiger charge is -2.20. The maximum atomic E-state index is 13.6. The molecule has 9 heteroatoms. The molecule has 0 unspecified atom stereocenters. The molecule has 33 heavy (non-hydrogen) atoms. The third-order valence-electron chi connectivity index (χ3n) is 5.21. The number of pyridine rings is 1. The molecule has 0 radical (unpaired) electrons. The van der Waals surface area contributed by atoms with Crippen LogP contribution in [0.25, 0.3) is 10.2 Å². The Morgan fingerprint density at radius 3 is 2.48 bits per heavy atom. The van der Waals surface area contributed by atoms with E-state index >= 15 is 0 Å². The van der Waals surface area contributed by atoms with Gasteiger partial charge in [-0.25, -0.2) is 13.4 Å². The van der Waals surface area contributed by atoms with Crippen LogP contribution in [0.15, 0.2) is 65.7 Å². The van der Waals surface area contributed by atoms with Crippen LogP contribution in [0.2, 0.25) is 5.02 Å². The molecule has 1 amide bonds. The summed E-state index contributed by atoms with van der Waals surface area (Å²) >= 11 is 7.59. The van der Waals surface area contributed by atoms with E-state index in [4.69, 9.17) is 16.6 Å². The molecule has 0 bridgehead atoms. The molecule has 0 saturated carbocycles. The monoisotopic (exact) mass is 499 g/mol. The van der Waals surface area contributed by atoms with Gasteiger partial charge in [-0.15, -0.1) is 0 Å². The van der Waals surface area contributed by atoms with Crippen molar-refractivity contribution < 1.29 is 13.2 Å². The predicted octanol–water partition coefficient (Wildman–Crippen LogP) is 5.68. The number of nitrogens with zero attached hydrogens (tertiary/aromatic N) is 3. The van der Waals surface area contributed by atoms with Crippen molar-refractivity contribution in [2.75, 3.05) is 4.90 Å². The van der Waals surface area contributed by atoms with E-state index in [0.717, 1.165) is 15.8 Å². The number of halogens is 1. The lowest BCUT2D eigenvalue weighted by Crippen LogP contribution is -2.30. The number of carbonyl (C=O) groups is 1. The summed E-state index contributed by atoms with van der Waals surface area (Å²) in [5.41, 5.74) is 2.78. The number of sulfone groups is 1. The normalized spacial score (nSPS) is 11.8. The summed E-state index contributed by atoms with van der Waals surface area (Å²) in [4.78, 5) is 24.4. The largest absolute Gasteiger partial charge is 0.278 e. The molecule has 2 heterocycles. The number of carbonyl (C=O) groups excluding carboxylic acids is 1. The van der Waals surface area contributed by atoms with Crippen molar-refractivity contribution in [3.63, 3.8) is 0 Å². The molecule has 2 aromatic carbocycles. The minimum absolute atomic E-state index is 0.190. The molecule has 0 saturated heterocycles. The zero-order valence-electron chi connectivity index (χ0n) is 18.3. The highest BCUT2D eigenvalue weighted by Crippen LogP contribution is 2.34. The topological polar surface area (TPSA) is 80.2 Å². The van der Waals surface area contributed by atoms with Crippen LogP contribution in [0, 0.1) is 6.92 Å². The highest BCUT2D eigenvalue weighted by molar-refractivity contribution is 7.92. The SMILES string of the molecule is Cc1cc(Cl)cc2sc(N(Cc3ccccn3)C(=O)c3ccc(S(=O)(=O)C(C)C)cc3)nc12. The summed E-state index contributed by atoms with van der Waals surface area (Å²) in [6, 6.07) is 15.2. The number of rotatable bonds is 6. The fourth-order valence-electron chi connectivity index (χ4n) is 3.35. The van der Waals surface area contributed by atoms with Crippen molar-refractivity contribution in [2.24, 2.45) is 0 Å². The Labute approximate surface area is 201 Å². The number of aromatic nitrogens is 2. The Morgan fingerprint density at radius 1 is 1.12 bits per heavy atom. The third-order valence-corrected chi connectivity index (χ3v) is 8.63. The van der Waals surface area contributed by atoms with E-state index in [9.17, 15) is 13.2 Å². The number of thiazole rings is 1.